The highest BCUT2D eigenvalue weighted by Crippen LogP contribution is 2.24. The number of aryl methyl sites for hydroxylation is 1. The number of hydrogen-bond acceptors (Lipinski definition) is 3. The smallest absolute Gasteiger partial charge is 0.121 e. The minimum absolute atomic E-state index is 0.340. The van der Waals surface area contributed by atoms with Crippen LogP contribution in [0.5, 0.6) is 0 Å². The van der Waals surface area contributed by atoms with Crippen LogP contribution < -0.4 is 5.32 Å². The molecule has 1 aromatic rings. The van der Waals surface area contributed by atoms with Gasteiger partial charge in [0.05, 0.1) is 12.1 Å². The van der Waals surface area contributed by atoms with E-state index in [1.165, 1.54) is 25.7 Å². The normalized spacial score (nSPS) is 21.3. The van der Waals surface area contributed by atoms with Crippen molar-refractivity contribution >= 4 is 0 Å². The first-order chi connectivity index (χ1) is 8.83. The van der Waals surface area contributed by atoms with Crippen molar-refractivity contribution in [2.24, 2.45) is 0 Å². The van der Waals surface area contributed by atoms with Gasteiger partial charge in [-0.05, 0) is 51.3 Å². The average molecular weight is 251 g/mol. The second kappa shape index (κ2) is 6.95. The molecule has 18 heavy (non-hydrogen) atoms. The van der Waals surface area contributed by atoms with Gasteiger partial charge in [-0.15, -0.1) is 0 Å². The number of rotatable bonds is 7. The highest BCUT2D eigenvalue weighted by molar-refractivity contribution is 5.10. The molecule has 0 bridgehead atoms. The van der Waals surface area contributed by atoms with Gasteiger partial charge in [-0.3, -0.25) is 0 Å². The molecule has 0 aliphatic carbocycles. The lowest BCUT2D eigenvalue weighted by Crippen LogP contribution is -2.16. The summed E-state index contributed by atoms with van der Waals surface area (Å²) in [4.78, 5) is 0. The first-order valence-corrected chi connectivity index (χ1v) is 7.21. The molecular weight excluding hydrogens is 226 g/mol. The zero-order valence-electron chi connectivity index (χ0n) is 11.6. The molecule has 2 unspecified atom stereocenters. The van der Waals surface area contributed by atoms with Gasteiger partial charge in [-0.25, -0.2) is 0 Å². The van der Waals surface area contributed by atoms with Gasteiger partial charge in [0.25, 0.3) is 0 Å². The van der Waals surface area contributed by atoms with Gasteiger partial charge in [0.1, 0.15) is 11.5 Å². The summed E-state index contributed by atoms with van der Waals surface area (Å²) in [7, 11) is 2.00. The molecule has 0 saturated carbocycles. The van der Waals surface area contributed by atoms with Gasteiger partial charge in [0.2, 0.25) is 0 Å². The zero-order chi connectivity index (χ0) is 12.8. The quantitative estimate of drug-likeness (QED) is 0.806. The van der Waals surface area contributed by atoms with Crippen LogP contribution >= 0.6 is 0 Å². The fourth-order valence-corrected chi connectivity index (χ4v) is 2.62. The summed E-state index contributed by atoms with van der Waals surface area (Å²) in [6.07, 6.45) is 7.44. The Morgan fingerprint density at radius 2 is 2.33 bits per heavy atom. The summed E-state index contributed by atoms with van der Waals surface area (Å²) < 4.78 is 11.5. The van der Waals surface area contributed by atoms with Crippen LogP contribution in [0, 0.1) is 0 Å². The molecule has 3 heteroatoms. The maximum atomic E-state index is 5.81. The first kappa shape index (κ1) is 13.6. The number of ether oxygens (including phenoxy) is 1. The number of furan rings is 1. The van der Waals surface area contributed by atoms with E-state index in [1.54, 1.807) is 0 Å². The Kier molecular flexibility index (Phi) is 5.26. The molecule has 1 aliphatic heterocycles. The third kappa shape index (κ3) is 3.59. The van der Waals surface area contributed by atoms with Crippen LogP contribution in [0.25, 0.3) is 0 Å². The highest BCUT2D eigenvalue weighted by atomic mass is 16.5. The fraction of sp³-hybridized carbons (Fsp3) is 0.733. The second-order valence-electron chi connectivity index (χ2n) is 5.06. The van der Waals surface area contributed by atoms with E-state index in [2.05, 4.69) is 24.4 Å². The molecule has 2 heterocycles. The van der Waals surface area contributed by atoms with Crippen LogP contribution in [0.1, 0.15) is 56.6 Å². The predicted molar refractivity (Wildman–Crippen MR) is 72.7 cm³/mol. The largest absolute Gasteiger partial charge is 0.464 e. The molecule has 0 radical (unpaired) electrons. The van der Waals surface area contributed by atoms with Gasteiger partial charge in [-0.2, -0.15) is 0 Å². The molecule has 3 nitrogen and oxygen atoms in total. The molecule has 0 aromatic carbocycles. The van der Waals surface area contributed by atoms with E-state index in [4.69, 9.17) is 9.15 Å². The molecule has 1 fully saturated rings. The Balaban J connectivity index is 1.77. The molecule has 1 N–H and O–H groups in total. The second-order valence-corrected chi connectivity index (χ2v) is 5.06. The lowest BCUT2D eigenvalue weighted by molar-refractivity contribution is 0.101. The summed E-state index contributed by atoms with van der Waals surface area (Å²) in [5.41, 5.74) is 0. The molecule has 2 atom stereocenters. The molecule has 0 spiro atoms. The van der Waals surface area contributed by atoms with Crippen LogP contribution in [0.2, 0.25) is 0 Å². The van der Waals surface area contributed by atoms with Gasteiger partial charge in [0, 0.05) is 13.0 Å². The van der Waals surface area contributed by atoms with Crippen LogP contribution in [0.4, 0.5) is 0 Å². The summed E-state index contributed by atoms with van der Waals surface area (Å²) in [5, 5.41) is 3.35. The maximum Gasteiger partial charge on any atom is 0.121 e. The van der Waals surface area contributed by atoms with E-state index in [9.17, 15) is 0 Å². The third-order valence-electron chi connectivity index (χ3n) is 3.77. The van der Waals surface area contributed by atoms with Gasteiger partial charge < -0.3 is 14.5 Å². The van der Waals surface area contributed by atoms with Crippen LogP contribution in [-0.4, -0.2) is 19.8 Å². The molecule has 1 saturated heterocycles. The standard InChI is InChI=1S/C15H25NO2/c1-3-12-9-10-15(18-12)14(16-2)8-4-6-13-7-5-11-17-13/h9-10,13-14,16H,3-8,11H2,1-2H3. The van der Waals surface area contributed by atoms with Crippen molar-refractivity contribution < 1.29 is 9.15 Å². The lowest BCUT2D eigenvalue weighted by Gasteiger charge is -2.15. The van der Waals surface area contributed by atoms with Crippen molar-refractivity contribution in [2.45, 2.75) is 57.6 Å². The summed E-state index contributed by atoms with van der Waals surface area (Å²) in [6.45, 7) is 3.08. The van der Waals surface area contributed by atoms with Crippen LogP contribution in [-0.2, 0) is 11.2 Å². The van der Waals surface area contributed by atoms with Gasteiger partial charge >= 0.3 is 0 Å². The van der Waals surface area contributed by atoms with Crippen molar-refractivity contribution in [3.05, 3.63) is 23.7 Å². The van der Waals surface area contributed by atoms with Crippen LogP contribution in [0.15, 0.2) is 16.5 Å². The molecular formula is C15H25NO2. The van der Waals surface area contributed by atoms with Gasteiger partial charge in [0.15, 0.2) is 0 Å². The molecule has 2 rings (SSSR count). The monoisotopic (exact) mass is 251 g/mol. The van der Waals surface area contributed by atoms with Crippen molar-refractivity contribution in [1.29, 1.82) is 0 Å². The van der Waals surface area contributed by atoms with Crippen molar-refractivity contribution in [3.8, 4) is 0 Å². The van der Waals surface area contributed by atoms with Crippen molar-refractivity contribution in [1.82, 2.24) is 5.32 Å². The third-order valence-corrected chi connectivity index (χ3v) is 3.77. The van der Waals surface area contributed by atoms with E-state index >= 15 is 0 Å². The van der Waals surface area contributed by atoms with Crippen molar-refractivity contribution in [2.75, 3.05) is 13.7 Å². The molecule has 1 aromatic heterocycles. The Hall–Kier alpha value is -0.800. The summed E-state index contributed by atoms with van der Waals surface area (Å²) in [5.74, 6) is 2.14. The highest BCUT2D eigenvalue weighted by Gasteiger charge is 2.17. The minimum atomic E-state index is 0.340. The molecule has 102 valence electrons. The number of hydrogen-bond donors (Lipinski definition) is 1. The zero-order valence-corrected chi connectivity index (χ0v) is 11.6. The summed E-state index contributed by atoms with van der Waals surface area (Å²) >= 11 is 0. The van der Waals surface area contributed by atoms with Crippen LogP contribution in [0.3, 0.4) is 0 Å². The Labute approximate surface area is 110 Å². The lowest BCUT2D eigenvalue weighted by atomic mass is 10.0. The van der Waals surface area contributed by atoms with E-state index in [0.29, 0.717) is 12.1 Å². The SMILES string of the molecule is CCc1ccc(C(CCCC2CCCO2)NC)o1. The minimum Gasteiger partial charge on any atom is -0.464 e. The Bertz CT molecular complexity index is 342. The maximum absolute atomic E-state index is 5.81. The molecule has 0 amide bonds. The summed E-state index contributed by atoms with van der Waals surface area (Å²) in [6, 6.07) is 4.53. The van der Waals surface area contributed by atoms with E-state index in [0.717, 1.165) is 31.0 Å². The average Bonchev–Trinajstić information content (AvgIpc) is 3.05. The van der Waals surface area contributed by atoms with Crippen molar-refractivity contribution in [3.63, 3.8) is 0 Å². The number of nitrogens with one attached hydrogen (secondary N) is 1. The predicted octanol–water partition coefficient (Wildman–Crippen LogP) is 3.45. The van der Waals surface area contributed by atoms with E-state index in [-0.39, 0.29) is 0 Å². The van der Waals surface area contributed by atoms with E-state index in [1.807, 2.05) is 7.05 Å². The topological polar surface area (TPSA) is 34.4 Å². The molecule has 1 aliphatic rings. The fourth-order valence-electron chi connectivity index (χ4n) is 2.62. The Morgan fingerprint density at radius 1 is 1.44 bits per heavy atom. The van der Waals surface area contributed by atoms with E-state index < -0.39 is 0 Å². The van der Waals surface area contributed by atoms with Gasteiger partial charge in [-0.1, -0.05) is 6.92 Å². The Morgan fingerprint density at radius 3 is 2.94 bits per heavy atom. The first-order valence-electron chi connectivity index (χ1n) is 7.21.